The van der Waals surface area contributed by atoms with Gasteiger partial charge in [0.2, 0.25) is 0 Å². The van der Waals surface area contributed by atoms with Gasteiger partial charge in [-0.25, -0.2) is 0 Å². The van der Waals surface area contributed by atoms with Crippen LogP contribution >= 0.6 is 0 Å². The van der Waals surface area contributed by atoms with Gasteiger partial charge in [0.1, 0.15) is 0 Å². The molecule has 0 aliphatic carbocycles. The maximum absolute atomic E-state index is 2.54. The van der Waals surface area contributed by atoms with Crippen LogP contribution in [0.4, 0.5) is 0 Å². The molecule has 0 bridgehead atoms. The standard InChI is InChI=1S/C9H23Si2/c1-6-8-11(4,5)9-7-10(2)3/h6-9H2,1-5H3. The second-order valence-corrected chi connectivity index (χ2v) is 12.9. The van der Waals surface area contributed by atoms with E-state index in [1.165, 1.54) is 12.5 Å². The summed E-state index contributed by atoms with van der Waals surface area (Å²) in [7, 11) is -0.691. The van der Waals surface area contributed by atoms with E-state index in [2.05, 4.69) is 33.1 Å². The minimum absolute atomic E-state index is 0.0493. The zero-order valence-corrected chi connectivity index (χ0v) is 10.8. The highest BCUT2D eigenvalue weighted by atomic mass is 28.3. The summed E-state index contributed by atoms with van der Waals surface area (Å²) in [6.07, 6.45) is 1.40. The van der Waals surface area contributed by atoms with Crippen LogP contribution in [-0.2, 0) is 0 Å². The third-order valence-corrected chi connectivity index (χ3v) is 7.44. The van der Waals surface area contributed by atoms with Crippen molar-refractivity contribution in [1.82, 2.24) is 0 Å². The van der Waals surface area contributed by atoms with Crippen LogP contribution in [0.5, 0.6) is 0 Å². The monoisotopic (exact) mass is 187 g/mol. The Bertz CT molecular complexity index is 97.7. The summed E-state index contributed by atoms with van der Waals surface area (Å²) >= 11 is 0. The summed E-state index contributed by atoms with van der Waals surface area (Å²) < 4.78 is 0. The maximum atomic E-state index is 2.54. The van der Waals surface area contributed by atoms with E-state index in [9.17, 15) is 0 Å². The molecule has 0 aromatic rings. The molecule has 0 aliphatic heterocycles. The van der Waals surface area contributed by atoms with Crippen molar-refractivity contribution in [2.75, 3.05) is 0 Å². The van der Waals surface area contributed by atoms with Crippen LogP contribution in [0, 0.1) is 0 Å². The number of hydrogen-bond acceptors (Lipinski definition) is 0. The average Bonchev–Trinajstić information content (AvgIpc) is 1.84. The van der Waals surface area contributed by atoms with E-state index >= 15 is 0 Å². The Morgan fingerprint density at radius 3 is 2.00 bits per heavy atom. The summed E-state index contributed by atoms with van der Waals surface area (Å²) in [5.41, 5.74) is 0. The van der Waals surface area contributed by atoms with E-state index in [0.717, 1.165) is 0 Å². The van der Waals surface area contributed by atoms with Crippen LogP contribution < -0.4 is 0 Å². The molecule has 0 N–H and O–H groups in total. The van der Waals surface area contributed by atoms with Crippen molar-refractivity contribution in [3.05, 3.63) is 0 Å². The van der Waals surface area contributed by atoms with Gasteiger partial charge in [-0.2, -0.15) is 0 Å². The zero-order chi connectivity index (χ0) is 8.91. The lowest BCUT2D eigenvalue weighted by Gasteiger charge is -2.21. The van der Waals surface area contributed by atoms with Gasteiger partial charge >= 0.3 is 0 Å². The van der Waals surface area contributed by atoms with Gasteiger partial charge in [0.25, 0.3) is 0 Å². The van der Waals surface area contributed by atoms with E-state index in [0.29, 0.717) is 0 Å². The van der Waals surface area contributed by atoms with Crippen LogP contribution in [0.3, 0.4) is 0 Å². The lowest BCUT2D eigenvalue weighted by Crippen LogP contribution is -2.25. The number of hydrogen-bond donors (Lipinski definition) is 0. The van der Waals surface area contributed by atoms with Gasteiger partial charge in [0, 0.05) is 16.9 Å². The molecule has 0 heterocycles. The molecular weight excluding hydrogens is 164 g/mol. The molecule has 1 radical (unpaired) electrons. The molecule has 11 heavy (non-hydrogen) atoms. The summed E-state index contributed by atoms with van der Waals surface area (Å²) in [6, 6.07) is 4.65. The van der Waals surface area contributed by atoms with E-state index in [1.807, 2.05) is 0 Å². The molecule has 0 rings (SSSR count). The topological polar surface area (TPSA) is 0 Å². The highest BCUT2D eigenvalue weighted by molar-refractivity contribution is 6.78. The fraction of sp³-hybridized carbons (Fsp3) is 1.00. The second kappa shape index (κ2) is 5.15. The van der Waals surface area contributed by atoms with Crippen molar-refractivity contribution in [2.24, 2.45) is 0 Å². The minimum atomic E-state index is -0.741. The van der Waals surface area contributed by atoms with Crippen molar-refractivity contribution in [2.45, 2.75) is 57.7 Å². The molecule has 0 saturated carbocycles. The molecule has 0 aliphatic rings. The summed E-state index contributed by atoms with van der Waals surface area (Å²) in [6.45, 7) is 12.3. The lowest BCUT2D eigenvalue weighted by atomic mass is 10.6. The normalized spacial score (nSPS) is 12.5. The molecule has 0 atom stereocenters. The van der Waals surface area contributed by atoms with Crippen LogP contribution in [0.25, 0.3) is 0 Å². The van der Waals surface area contributed by atoms with Crippen molar-refractivity contribution in [1.29, 1.82) is 0 Å². The van der Waals surface area contributed by atoms with Crippen molar-refractivity contribution in [3.8, 4) is 0 Å². The molecule has 0 fully saturated rings. The summed E-state index contributed by atoms with van der Waals surface area (Å²) in [4.78, 5) is 0. The van der Waals surface area contributed by atoms with Crippen LogP contribution in [-0.4, -0.2) is 16.9 Å². The van der Waals surface area contributed by atoms with Crippen LogP contribution in [0.2, 0.25) is 44.3 Å². The van der Waals surface area contributed by atoms with Gasteiger partial charge in [-0.3, -0.25) is 0 Å². The molecule has 0 unspecified atom stereocenters. The lowest BCUT2D eigenvalue weighted by molar-refractivity contribution is 1.03. The van der Waals surface area contributed by atoms with E-state index in [-0.39, 0.29) is 8.80 Å². The largest absolute Gasteiger partial charge is 0.0713 e. The second-order valence-electron chi connectivity index (χ2n) is 4.62. The van der Waals surface area contributed by atoms with Crippen molar-refractivity contribution >= 4 is 16.9 Å². The van der Waals surface area contributed by atoms with Gasteiger partial charge in [-0.05, 0) is 0 Å². The Kier molecular flexibility index (Phi) is 5.35. The Morgan fingerprint density at radius 2 is 1.64 bits per heavy atom. The fourth-order valence-electron chi connectivity index (χ4n) is 1.39. The summed E-state index contributed by atoms with van der Waals surface area (Å²) in [5.74, 6) is 0. The fourth-order valence-corrected chi connectivity index (χ4v) is 7.70. The Labute approximate surface area is 75.0 Å². The van der Waals surface area contributed by atoms with Gasteiger partial charge in [-0.15, -0.1) is 0 Å². The zero-order valence-electron chi connectivity index (χ0n) is 8.83. The molecule has 67 valence electrons. The minimum Gasteiger partial charge on any atom is -0.0713 e. The molecular formula is C9H23Si2. The van der Waals surface area contributed by atoms with E-state index < -0.39 is 8.07 Å². The summed E-state index contributed by atoms with van der Waals surface area (Å²) in [5, 5.41) is 0. The molecule has 0 aromatic carbocycles. The quantitative estimate of drug-likeness (QED) is 0.573. The van der Waals surface area contributed by atoms with Gasteiger partial charge in [0.15, 0.2) is 0 Å². The molecule has 0 nitrogen and oxygen atoms in total. The first kappa shape index (κ1) is 11.4. The average molecular weight is 187 g/mol. The third kappa shape index (κ3) is 6.82. The molecule has 0 amide bonds. The number of rotatable bonds is 5. The van der Waals surface area contributed by atoms with Crippen LogP contribution in [0.1, 0.15) is 13.3 Å². The third-order valence-electron chi connectivity index (χ3n) is 2.23. The molecule has 0 saturated heterocycles. The van der Waals surface area contributed by atoms with E-state index in [4.69, 9.17) is 0 Å². The van der Waals surface area contributed by atoms with Gasteiger partial charge in [0.05, 0.1) is 0 Å². The predicted molar refractivity (Wildman–Crippen MR) is 59.7 cm³/mol. The molecule has 0 aromatic heterocycles. The smallest absolute Gasteiger partial charge is 0.0470 e. The Morgan fingerprint density at radius 1 is 1.09 bits per heavy atom. The molecule has 0 spiro atoms. The first-order valence-corrected chi connectivity index (χ1v) is 10.9. The van der Waals surface area contributed by atoms with Crippen molar-refractivity contribution in [3.63, 3.8) is 0 Å². The van der Waals surface area contributed by atoms with Crippen LogP contribution in [0.15, 0.2) is 0 Å². The maximum Gasteiger partial charge on any atom is 0.0470 e. The van der Waals surface area contributed by atoms with Gasteiger partial charge < -0.3 is 0 Å². The SMILES string of the molecule is CCC[Si](C)(C)CC[Si](C)C. The molecule has 2 heteroatoms. The predicted octanol–water partition coefficient (Wildman–Crippen LogP) is 3.86. The Hall–Kier alpha value is 0.434. The van der Waals surface area contributed by atoms with E-state index in [1.54, 1.807) is 12.1 Å². The van der Waals surface area contributed by atoms with Gasteiger partial charge in [-0.1, -0.05) is 57.7 Å². The first-order chi connectivity index (χ1) is 4.98. The van der Waals surface area contributed by atoms with Crippen molar-refractivity contribution < 1.29 is 0 Å². The first-order valence-electron chi connectivity index (χ1n) is 4.77. The highest BCUT2D eigenvalue weighted by Gasteiger charge is 2.18. The highest BCUT2D eigenvalue weighted by Crippen LogP contribution is 2.20. The Balaban J connectivity index is 3.54.